The second kappa shape index (κ2) is 6.95. The van der Waals surface area contributed by atoms with Crippen LogP contribution in [0, 0.1) is 5.92 Å². The fourth-order valence-electron chi connectivity index (χ4n) is 4.66. The van der Waals surface area contributed by atoms with Crippen molar-refractivity contribution in [1.82, 2.24) is 9.47 Å². The average molecular weight is 390 g/mol. The number of rotatable bonds is 3. The van der Waals surface area contributed by atoms with Gasteiger partial charge in [0.2, 0.25) is 0 Å². The van der Waals surface area contributed by atoms with Crippen molar-refractivity contribution in [1.29, 1.82) is 0 Å². The Morgan fingerprint density at radius 2 is 1.90 bits per heavy atom. The number of ether oxygens (including phenoxy) is 1. The summed E-state index contributed by atoms with van der Waals surface area (Å²) in [5.74, 6) is 1.50. The van der Waals surface area contributed by atoms with Crippen LogP contribution in [0.15, 0.2) is 64.0 Å². The molecule has 2 aliphatic heterocycles. The summed E-state index contributed by atoms with van der Waals surface area (Å²) < 4.78 is 12.4. The largest absolute Gasteiger partial charge is 0.497 e. The Morgan fingerprint density at radius 1 is 1.07 bits per heavy atom. The van der Waals surface area contributed by atoms with E-state index in [9.17, 15) is 9.59 Å². The number of fused-ring (bicyclic) bond motifs is 4. The lowest BCUT2D eigenvalue weighted by Gasteiger charge is -2.42. The van der Waals surface area contributed by atoms with Crippen LogP contribution in [0.25, 0.3) is 11.1 Å². The quantitative estimate of drug-likeness (QED) is 0.688. The topological polar surface area (TPSA) is 64.7 Å². The Hall–Kier alpha value is -3.28. The maximum absolute atomic E-state index is 13.2. The summed E-state index contributed by atoms with van der Waals surface area (Å²) in [6, 6.07) is 14.9. The summed E-state index contributed by atoms with van der Waals surface area (Å²) in [4.78, 5) is 27.8. The molecule has 1 amide bonds. The van der Waals surface area contributed by atoms with Crippen molar-refractivity contribution >= 4 is 5.91 Å². The molecule has 6 heteroatoms. The summed E-state index contributed by atoms with van der Waals surface area (Å²) in [5, 5.41) is 0. The zero-order chi connectivity index (χ0) is 20.0. The van der Waals surface area contributed by atoms with Crippen molar-refractivity contribution in [3.8, 4) is 16.9 Å². The molecule has 0 radical (unpaired) electrons. The Kier molecular flexibility index (Phi) is 4.27. The first-order valence-electron chi connectivity index (χ1n) is 9.85. The molecular weight excluding hydrogens is 368 g/mol. The number of furan rings is 1. The number of amides is 1. The predicted molar refractivity (Wildman–Crippen MR) is 108 cm³/mol. The van der Waals surface area contributed by atoms with Gasteiger partial charge in [-0.25, -0.2) is 0 Å². The molecular formula is C23H22N2O4. The van der Waals surface area contributed by atoms with E-state index in [1.807, 2.05) is 45.9 Å². The molecule has 2 aliphatic rings. The Balaban J connectivity index is 1.46. The number of hydrogen-bond donors (Lipinski definition) is 0. The monoisotopic (exact) mass is 390 g/mol. The molecule has 6 nitrogen and oxygen atoms in total. The summed E-state index contributed by atoms with van der Waals surface area (Å²) in [6.45, 7) is 1.89. The highest BCUT2D eigenvalue weighted by molar-refractivity contribution is 5.91. The van der Waals surface area contributed by atoms with E-state index < -0.39 is 0 Å². The lowest BCUT2D eigenvalue weighted by Crippen LogP contribution is -2.49. The number of methoxy groups -OCH3 is 1. The molecule has 0 saturated carbocycles. The molecule has 1 aromatic carbocycles. The number of carbonyl (C=O) groups is 1. The van der Waals surface area contributed by atoms with E-state index in [0.717, 1.165) is 23.4 Å². The molecule has 29 heavy (non-hydrogen) atoms. The van der Waals surface area contributed by atoms with Crippen molar-refractivity contribution in [2.24, 2.45) is 5.92 Å². The van der Waals surface area contributed by atoms with Gasteiger partial charge in [-0.2, -0.15) is 0 Å². The maximum Gasteiger partial charge on any atom is 0.289 e. The van der Waals surface area contributed by atoms with Gasteiger partial charge in [-0.1, -0.05) is 12.1 Å². The van der Waals surface area contributed by atoms with Gasteiger partial charge in [-0.3, -0.25) is 9.59 Å². The molecule has 2 bridgehead atoms. The van der Waals surface area contributed by atoms with Gasteiger partial charge in [0.1, 0.15) is 5.75 Å². The summed E-state index contributed by atoms with van der Waals surface area (Å²) in [6.07, 6.45) is 2.52. The number of nitrogens with zero attached hydrogens (tertiary/aromatic N) is 2. The molecule has 1 fully saturated rings. The second-order valence-electron chi connectivity index (χ2n) is 7.80. The molecule has 2 atom stereocenters. The standard InChI is InChI=1S/C23H22N2O4/c1-28-18-6-4-16(5-7-18)19-8-9-20-17-11-15(13-25(20)22(19)26)12-24(14-17)23(27)21-3-2-10-29-21/h2-10,15,17H,11-14H2,1H3. The minimum Gasteiger partial charge on any atom is -0.497 e. The van der Waals surface area contributed by atoms with E-state index >= 15 is 0 Å². The van der Waals surface area contributed by atoms with Crippen molar-refractivity contribution < 1.29 is 13.9 Å². The van der Waals surface area contributed by atoms with Crippen LogP contribution < -0.4 is 10.3 Å². The number of pyridine rings is 1. The number of benzene rings is 1. The van der Waals surface area contributed by atoms with Crippen LogP contribution >= 0.6 is 0 Å². The Morgan fingerprint density at radius 3 is 2.62 bits per heavy atom. The van der Waals surface area contributed by atoms with Crippen LogP contribution in [0.3, 0.4) is 0 Å². The lowest BCUT2D eigenvalue weighted by molar-refractivity contribution is 0.0564. The smallest absolute Gasteiger partial charge is 0.289 e. The predicted octanol–water partition coefficient (Wildman–Crippen LogP) is 3.38. The third-order valence-electron chi connectivity index (χ3n) is 6.02. The normalized spacial score (nSPS) is 20.2. The van der Waals surface area contributed by atoms with Crippen LogP contribution in [0.2, 0.25) is 0 Å². The molecule has 0 spiro atoms. The van der Waals surface area contributed by atoms with E-state index in [2.05, 4.69) is 0 Å². The molecule has 2 aromatic heterocycles. The average Bonchev–Trinajstić information content (AvgIpc) is 3.29. The number of carbonyl (C=O) groups excluding carboxylic acids is 1. The van der Waals surface area contributed by atoms with Gasteiger partial charge in [-0.15, -0.1) is 0 Å². The van der Waals surface area contributed by atoms with Crippen molar-refractivity contribution in [2.75, 3.05) is 20.2 Å². The molecule has 1 saturated heterocycles. The van der Waals surface area contributed by atoms with E-state index in [0.29, 0.717) is 31.0 Å². The van der Waals surface area contributed by atoms with Gasteiger partial charge in [-0.05, 0) is 54.3 Å². The first kappa shape index (κ1) is 17.8. The summed E-state index contributed by atoms with van der Waals surface area (Å²) in [7, 11) is 1.63. The molecule has 4 heterocycles. The fraction of sp³-hybridized carbons (Fsp3) is 0.304. The van der Waals surface area contributed by atoms with Crippen LogP contribution in [-0.2, 0) is 6.54 Å². The van der Waals surface area contributed by atoms with Crippen molar-refractivity contribution in [3.63, 3.8) is 0 Å². The lowest BCUT2D eigenvalue weighted by atomic mass is 9.82. The summed E-state index contributed by atoms with van der Waals surface area (Å²) >= 11 is 0. The van der Waals surface area contributed by atoms with Crippen LogP contribution in [-0.4, -0.2) is 35.6 Å². The first-order valence-corrected chi connectivity index (χ1v) is 9.85. The van der Waals surface area contributed by atoms with Crippen LogP contribution in [0.1, 0.15) is 28.6 Å². The second-order valence-corrected chi connectivity index (χ2v) is 7.80. The van der Waals surface area contributed by atoms with Gasteiger partial charge >= 0.3 is 0 Å². The third-order valence-corrected chi connectivity index (χ3v) is 6.02. The van der Waals surface area contributed by atoms with Crippen LogP contribution in [0.4, 0.5) is 0 Å². The number of piperidine rings is 1. The highest BCUT2D eigenvalue weighted by atomic mass is 16.5. The number of aromatic nitrogens is 1. The first-order chi connectivity index (χ1) is 14.1. The van der Waals surface area contributed by atoms with Gasteiger partial charge in [0.15, 0.2) is 5.76 Å². The number of hydrogen-bond acceptors (Lipinski definition) is 4. The highest BCUT2D eigenvalue weighted by Crippen LogP contribution is 2.36. The van der Waals surface area contributed by atoms with E-state index in [4.69, 9.17) is 9.15 Å². The van der Waals surface area contributed by atoms with E-state index in [1.165, 1.54) is 6.26 Å². The third kappa shape index (κ3) is 3.05. The Labute approximate surface area is 168 Å². The van der Waals surface area contributed by atoms with Crippen LogP contribution in [0.5, 0.6) is 5.75 Å². The fourth-order valence-corrected chi connectivity index (χ4v) is 4.66. The van der Waals surface area contributed by atoms with E-state index in [-0.39, 0.29) is 23.3 Å². The molecule has 0 aliphatic carbocycles. The SMILES string of the molecule is COc1ccc(-c2ccc3n(c2=O)CC2CC3CN(C(=O)c3ccco3)C2)cc1. The molecule has 3 aromatic rings. The van der Waals surface area contributed by atoms with Gasteiger partial charge < -0.3 is 18.6 Å². The minimum atomic E-state index is -0.0738. The van der Waals surface area contributed by atoms with Crippen molar-refractivity contribution in [3.05, 3.63) is 76.6 Å². The maximum atomic E-state index is 13.2. The molecule has 2 unspecified atom stereocenters. The molecule has 0 N–H and O–H groups in total. The van der Waals surface area contributed by atoms with Crippen molar-refractivity contribution in [2.45, 2.75) is 18.9 Å². The van der Waals surface area contributed by atoms with E-state index in [1.54, 1.807) is 19.2 Å². The van der Waals surface area contributed by atoms with Gasteiger partial charge in [0.05, 0.1) is 13.4 Å². The van der Waals surface area contributed by atoms with Gasteiger partial charge in [0.25, 0.3) is 11.5 Å². The Bertz CT molecular complexity index is 1100. The zero-order valence-electron chi connectivity index (χ0n) is 16.2. The summed E-state index contributed by atoms with van der Waals surface area (Å²) in [5.41, 5.74) is 2.63. The molecule has 5 rings (SSSR count). The molecule has 148 valence electrons. The number of likely N-dealkylation sites (tertiary alicyclic amines) is 1. The minimum absolute atomic E-state index is 0.0353. The van der Waals surface area contributed by atoms with Gasteiger partial charge in [0, 0.05) is 36.8 Å². The highest BCUT2D eigenvalue weighted by Gasteiger charge is 2.37. The zero-order valence-corrected chi connectivity index (χ0v) is 16.2.